The number of aromatic amines is 3. The number of para-hydroxylation sites is 6. The van der Waals surface area contributed by atoms with Crippen molar-refractivity contribution >= 4 is 79.4 Å². The second kappa shape index (κ2) is 26.3. The zero-order chi connectivity index (χ0) is 59.2. The number of H-pyrrole nitrogens is 3. The Hall–Kier alpha value is -11.7. The first kappa shape index (κ1) is 56.6. The lowest BCUT2D eigenvalue weighted by atomic mass is 10.0. The number of aromatic nitrogens is 3. The van der Waals surface area contributed by atoms with E-state index in [1.165, 1.54) is 31.2 Å². The highest BCUT2D eigenvalue weighted by atomic mass is 16.5. The summed E-state index contributed by atoms with van der Waals surface area (Å²) in [5, 5.41) is 42.8. The molecule has 0 bridgehead atoms. The van der Waals surface area contributed by atoms with Crippen LogP contribution in [0.3, 0.4) is 0 Å². The fraction of sp³-hybridized carbons (Fsp3) is 0.0580. The molecular weight excluding hydrogens is 1070 g/mol. The summed E-state index contributed by atoms with van der Waals surface area (Å²) in [5.41, 5.74) is 11.3. The van der Waals surface area contributed by atoms with E-state index in [4.69, 9.17) is 4.74 Å². The predicted molar refractivity (Wildman–Crippen MR) is 333 cm³/mol. The predicted octanol–water partition coefficient (Wildman–Crippen LogP) is 13.6. The molecule has 85 heavy (non-hydrogen) atoms. The van der Waals surface area contributed by atoms with Crippen molar-refractivity contribution in [3.8, 4) is 51.0 Å². The number of anilines is 3. The number of nitrogens with one attached hydrogen (secondary N) is 7. The highest BCUT2D eigenvalue weighted by Crippen LogP contribution is 2.33. The van der Waals surface area contributed by atoms with Gasteiger partial charge in [-0.2, -0.15) is 0 Å². The average Bonchev–Trinajstić information content (AvgIpc) is 3.55. The molecule has 422 valence electrons. The van der Waals surface area contributed by atoms with Gasteiger partial charge in [0.1, 0.15) is 23.3 Å². The number of aromatic carboxylic acids is 1. The molecule has 3 heterocycles. The third-order valence-corrected chi connectivity index (χ3v) is 13.7. The van der Waals surface area contributed by atoms with Gasteiger partial charge in [0.25, 0.3) is 11.8 Å². The van der Waals surface area contributed by atoms with Crippen LogP contribution in [0.5, 0.6) is 17.2 Å². The minimum atomic E-state index is -1.13. The van der Waals surface area contributed by atoms with Crippen molar-refractivity contribution in [2.24, 2.45) is 0 Å². The van der Waals surface area contributed by atoms with Crippen LogP contribution in [0.4, 0.5) is 17.1 Å². The van der Waals surface area contributed by atoms with Crippen molar-refractivity contribution in [1.29, 1.82) is 0 Å². The van der Waals surface area contributed by atoms with E-state index >= 15 is 0 Å². The van der Waals surface area contributed by atoms with Gasteiger partial charge >= 0.3 is 5.97 Å². The zero-order valence-electron chi connectivity index (χ0n) is 45.8. The highest BCUT2D eigenvalue weighted by Gasteiger charge is 2.23. The number of rotatable bonds is 15. The number of carboxylic acid groups (broad SMARTS) is 1. The van der Waals surface area contributed by atoms with Gasteiger partial charge in [0.2, 0.25) is 11.8 Å². The molecule has 1 atom stereocenters. The number of fused-ring (bicyclic) bond motifs is 3. The van der Waals surface area contributed by atoms with Crippen molar-refractivity contribution in [2.45, 2.75) is 19.4 Å². The number of amides is 4. The number of carbonyl (C=O) groups excluding carboxylic acids is 4. The molecule has 12 aromatic rings. The Labute approximate surface area is 487 Å². The molecule has 3 aromatic heterocycles. The SMILES string of the molecule is CC(=O)NC(Cc1ccc(O)cc1)C(=O)Nc1ccccc1-c1cc2ccccc2[nH]1.O=C(COc1ccc(O)cc1)Nc1ccccc1-c1cc2ccccc2[nH]1.O=C(O)c1ccccc1C(=O)Nc1ccccc1-c1cc2ccccc2[nH]1. The van der Waals surface area contributed by atoms with Crippen LogP contribution in [0.2, 0.25) is 0 Å². The van der Waals surface area contributed by atoms with Crippen molar-refractivity contribution in [2.75, 3.05) is 22.6 Å². The van der Waals surface area contributed by atoms with E-state index in [0.717, 1.165) is 72.0 Å². The summed E-state index contributed by atoms with van der Waals surface area (Å²) in [5.74, 6) is -1.63. The molecule has 0 aliphatic heterocycles. The quantitative estimate of drug-likeness (QED) is 0.0468. The van der Waals surface area contributed by atoms with Gasteiger partial charge in [-0.3, -0.25) is 19.2 Å². The first-order chi connectivity index (χ1) is 41.3. The van der Waals surface area contributed by atoms with E-state index in [9.17, 15) is 39.3 Å². The molecule has 4 amide bonds. The Bertz CT molecular complexity index is 4260. The van der Waals surface area contributed by atoms with Gasteiger partial charge in [0, 0.05) is 79.8 Å². The molecule has 0 aliphatic rings. The standard InChI is InChI=1S/C25H23N3O3.C22H16N2O3.C22H18N2O3/c1-16(29)26-24(14-17-10-12-19(30)13-11-17)25(31)28-22-9-5-3-7-20(22)23-15-18-6-2-4-8-21(18)27-23;25-21(15-8-2-3-9-16(15)22(26)27)24-19-12-6-4-10-17(19)20-13-14-7-1-5-11-18(14)23-20;25-16-9-11-17(12-10-16)27-14-22(26)24-20-8-4-2-6-18(20)21-13-15-5-1-3-7-19(15)23-21/h2-13,15,24,27,30H,14H2,1H3,(H,26,29)(H,28,31);1-13,23H,(H,24,25)(H,26,27);1-13,23,25H,14H2,(H,24,26). The van der Waals surface area contributed by atoms with Crippen molar-refractivity contribution < 1.29 is 44.0 Å². The van der Waals surface area contributed by atoms with Gasteiger partial charge in [-0.15, -0.1) is 0 Å². The van der Waals surface area contributed by atoms with E-state index in [-0.39, 0.29) is 47.0 Å². The summed E-state index contributed by atoms with van der Waals surface area (Å²) in [4.78, 5) is 71.3. The third kappa shape index (κ3) is 14.3. The Kier molecular flexibility index (Phi) is 17.5. The second-order valence-corrected chi connectivity index (χ2v) is 19.7. The molecule has 0 saturated carbocycles. The molecule has 0 fully saturated rings. The first-order valence-corrected chi connectivity index (χ1v) is 27.0. The van der Waals surface area contributed by atoms with E-state index in [2.05, 4.69) is 42.3 Å². The van der Waals surface area contributed by atoms with E-state index in [0.29, 0.717) is 29.2 Å². The fourth-order valence-electron chi connectivity index (χ4n) is 9.61. The van der Waals surface area contributed by atoms with Crippen LogP contribution in [-0.2, 0) is 20.8 Å². The number of phenolic OH excluding ortho intramolecular Hbond substituents is 2. The van der Waals surface area contributed by atoms with Crippen LogP contribution in [0.25, 0.3) is 66.5 Å². The summed E-state index contributed by atoms with van der Waals surface area (Å²) in [6.45, 7) is 1.27. The van der Waals surface area contributed by atoms with Crippen LogP contribution >= 0.6 is 0 Å². The Morgan fingerprint density at radius 3 is 1.32 bits per heavy atom. The van der Waals surface area contributed by atoms with Gasteiger partial charge in [-0.25, -0.2) is 4.79 Å². The molecule has 0 saturated heterocycles. The van der Waals surface area contributed by atoms with E-state index in [1.807, 2.05) is 152 Å². The fourth-order valence-corrected chi connectivity index (χ4v) is 9.61. The van der Waals surface area contributed by atoms with Crippen LogP contribution < -0.4 is 26.0 Å². The first-order valence-electron chi connectivity index (χ1n) is 27.0. The molecule has 16 nitrogen and oxygen atoms in total. The largest absolute Gasteiger partial charge is 0.508 e. The number of phenols is 2. The van der Waals surface area contributed by atoms with Crippen LogP contribution in [0.15, 0.2) is 237 Å². The number of carboxylic acids is 1. The number of ether oxygens (including phenoxy) is 1. The summed E-state index contributed by atoms with van der Waals surface area (Å²) < 4.78 is 5.46. The number of aromatic hydroxyl groups is 2. The molecular formula is C69H57N7O9. The van der Waals surface area contributed by atoms with Crippen molar-refractivity contribution in [1.82, 2.24) is 20.3 Å². The number of hydrogen-bond donors (Lipinski definition) is 10. The lowest BCUT2D eigenvalue weighted by Crippen LogP contribution is -2.44. The Morgan fingerprint density at radius 1 is 0.459 bits per heavy atom. The van der Waals surface area contributed by atoms with Crippen molar-refractivity contribution in [3.05, 3.63) is 253 Å². The van der Waals surface area contributed by atoms with Crippen LogP contribution in [0.1, 0.15) is 33.2 Å². The molecule has 12 rings (SSSR count). The molecule has 1 unspecified atom stereocenters. The normalized spacial score (nSPS) is 11.1. The average molecular weight is 1130 g/mol. The minimum Gasteiger partial charge on any atom is -0.508 e. The van der Waals surface area contributed by atoms with Gasteiger partial charge in [-0.05, 0) is 109 Å². The topological polar surface area (TPSA) is 251 Å². The molecule has 0 radical (unpaired) electrons. The molecule has 9 aromatic carbocycles. The maximum atomic E-state index is 13.1. The Balaban J connectivity index is 0.000000142. The zero-order valence-corrected chi connectivity index (χ0v) is 45.8. The number of carbonyl (C=O) groups is 5. The number of hydrogen-bond acceptors (Lipinski definition) is 8. The van der Waals surface area contributed by atoms with Gasteiger partial charge in [-0.1, -0.05) is 133 Å². The Morgan fingerprint density at radius 2 is 0.859 bits per heavy atom. The van der Waals surface area contributed by atoms with Crippen molar-refractivity contribution in [3.63, 3.8) is 0 Å². The minimum absolute atomic E-state index is 0.0295. The summed E-state index contributed by atoms with van der Waals surface area (Å²) in [7, 11) is 0. The third-order valence-electron chi connectivity index (χ3n) is 13.7. The molecule has 0 aliphatic carbocycles. The van der Waals surface area contributed by atoms with E-state index in [1.54, 1.807) is 54.6 Å². The summed E-state index contributed by atoms with van der Waals surface area (Å²) >= 11 is 0. The molecule has 16 heteroatoms. The highest BCUT2D eigenvalue weighted by molar-refractivity contribution is 6.12. The van der Waals surface area contributed by atoms with E-state index < -0.39 is 17.9 Å². The maximum absolute atomic E-state index is 13.1. The molecule has 10 N–H and O–H groups in total. The summed E-state index contributed by atoms with van der Waals surface area (Å²) in [6.07, 6.45) is 0.306. The monoisotopic (exact) mass is 1130 g/mol. The van der Waals surface area contributed by atoms with Gasteiger partial charge < -0.3 is 56.3 Å². The summed E-state index contributed by atoms with van der Waals surface area (Å²) in [6, 6.07) is 70.9. The van der Waals surface area contributed by atoms with Gasteiger partial charge in [0.15, 0.2) is 6.61 Å². The lowest BCUT2D eigenvalue weighted by molar-refractivity contribution is -0.125. The van der Waals surface area contributed by atoms with Crippen LogP contribution in [0, 0.1) is 0 Å². The smallest absolute Gasteiger partial charge is 0.336 e. The maximum Gasteiger partial charge on any atom is 0.336 e. The number of benzene rings is 9. The lowest BCUT2D eigenvalue weighted by Gasteiger charge is -2.19. The van der Waals surface area contributed by atoms with Gasteiger partial charge in [0.05, 0.1) is 28.2 Å². The van der Waals surface area contributed by atoms with Crippen LogP contribution in [-0.4, -0.2) is 72.5 Å². The second-order valence-electron chi connectivity index (χ2n) is 19.7. The molecule has 0 spiro atoms.